The number of ketones is 1. The molecule has 5 heteroatoms. The zero-order chi connectivity index (χ0) is 14.8. The number of hydrogen-bond acceptors (Lipinski definition) is 2. The lowest BCUT2D eigenvalue weighted by Gasteiger charge is -2.21. The summed E-state index contributed by atoms with van der Waals surface area (Å²) in [5.41, 5.74) is 0.694. The lowest BCUT2D eigenvalue weighted by atomic mass is 9.87. The van der Waals surface area contributed by atoms with Gasteiger partial charge in [-0.3, -0.25) is 4.79 Å². The third-order valence-corrected chi connectivity index (χ3v) is 4.84. The first-order chi connectivity index (χ1) is 8.66. The molecule has 1 rings (SSSR count). The van der Waals surface area contributed by atoms with Gasteiger partial charge in [-0.2, -0.15) is 0 Å². The van der Waals surface area contributed by atoms with E-state index in [-0.39, 0.29) is 16.0 Å². The molecule has 0 aliphatic rings. The Morgan fingerprint density at radius 1 is 1.26 bits per heavy atom. The fraction of sp³-hybridized carbons (Fsp3) is 0.500. The monoisotopic (exact) mass is 454 g/mol. The molecule has 106 valence electrons. The summed E-state index contributed by atoms with van der Waals surface area (Å²) in [5.74, 6) is 0.961. The summed E-state index contributed by atoms with van der Waals surface area (Å²) in [6.45, 7) is 5.79. The second-order valence-electron chi connectivity index (χ2n) is 5.36. The topological polar surface area (TPSA) is 26.3 Å². The minimum absolute atomic E-state index is 0.196. The second-order valence-corrected chi connectivity index (χ2v) is 8.18. The van der Waals surface area contributed by atoms with Crippen molar-refractivity contribution in [1.82, 2.24) is 0 Å². The molecule has 0 aromatic heterocycles. The van der Waals surface area contributed by atoms with E-state index in [1.807, 2.05) is 32.9 Å². The number of benzene rings is 1. The van der Waals surface area contributed by atoms with Crippen molar-refractivity contribution < 1.29 is 9.53 Å². The summed E-state index contributed by atoms with van der Waals surface area (Å²) in [5, 5.41) is 0. The maximum absolute atomic E-state index is 12.2. The van der Waals surface area contributed by atoms with Crippen LogP contribution in [0.4, 0.5) is 0 Å². The van der Waals surface area contributed by atoms with Gasteiger partial charge in [0.1, 0.15) is 5.75 Å². The number of Topliss-reactive ketones (excluding diaryl/α,β-unsaturated/α-hetero) is 1. The molecular formula is C14H17Br3O2. The van der Waals surface area contributed by atoms with Crippen LogP contribution in [0.1, 0.15) is 26.3 Å². The summed E-state index contributed by atoms with van der Waals surface area (Å²) in [6, 6.07) is 3.88. The van der Waals surface area contributed by atoms with Crippen LogP contribution in [-0.2, 0) is 11.2 Å². The lowest BCUT2D eigenvalue weighted by molar-refractivity contribution is -0.125. The van der Waals surface area contributed by atoms with Gasteiger partial charge in [-0.05, 0) is 40.0 Å². The molecule has 0 radical (unpaired) electrons. The number of carbonyl (C=O) groups excluding carboxylic acids is 1. The zero-order valence-electron chi connectivity index (χ0n) is 11.4. The Morgan fingerprint density at radius 2 is 1.84 bits per heavy atom. The van der Waals surface area contributed by atoms with E-state index in [0.29, 0.717) is 6.42 Å². The number of carbonyl (C=O) groups is 1. The van der Waals surface area contributed by atoms with Crippen LogP contribution < -0.4 is 4.74 Å². The van der Waals surface area contributed by atoms with E-state index in [2.05, 4.69) is 47.8 Å². The highest BCUT2D eigenvalue weighted by molar-refractivity contribution is 9.11. The quantitative estimate of drug-likeness (QED) is 0.586. The van der Waals surface area contributed by atoms with Gasteiger partial charge in [0.2, 0.25) is 0 Å². The molecule has 0 saturated heterocycles. The number of alkyl halides is 1. The summed E-state index contributed by atoms with van der Waals surface area (Å²) in [4.78, 5) is 12.0. The van der Waals surface area contributed by atoms with Crippen molar-refractivity contribution in [2.24, 2.45) is 5.41 Å². The Bertz CT molecular complexity index is 478. The minimum Gasteiger partial charge on any atom is -0.496 e. The van der Waals surface area contributed by atoms with E-state index in [0.717, 1.165) is 20.3 Å². The smallest absolute Gasteiger partial charge is 0.152 e. The molecule has 0 aliphatic carbocycles. The van der Waals surface area contributed by atoms with Gasteiger partial charge >= 0.3 is 0 Å². The Labute approximate surface area is 139 Å². The van der Waals surface area contributed by atoms with Crippen molar-refractivity contribution >= 4 is 53.6 Å². The average molecular weight is 457 g/mol. The molecular weight excluding hydrogens is 440 g/mol. The summed E-state index contributed by atoms with van der Waals surface area (Å²) >= 11 is 10.4. The van der Waals surface area contributed by atoms with E-state index in [9.17, 15) is 4.79 Å². The molecule has 0 aliphatic heterocycles. The molecule has 1 atom stereocenters. The van der Waals surface area contributed by atoms with Gasteiger partial charge in [-0.15, -0.1) is 0 Å². The Morgan fingerprint density at radius 3 is 2.32 bits per heavy atom. The van der Waals surface area contributed by atoms with E-state index in [1.54, 1.807) is 7.11 Å². The highest BCUT2D eigenvalue weighted by Crippen LogP contribution is 2.33. The largest absolute Gasteiger partial charge is 0.496 e. The molecule has 19 heavy (non-hydrogen) atoms. The fourth-order valence-corrected chi connectivity index (χ4v) is 3.99. The molecule has 0 heterocycles. The van der Waals surface area contributed by atoms with E-state index in [1.165, 1.54) is 0 Å². The third-order valence-electron chi connectivity index (χ3n) is 2.74. The summed E-state index contributed by atoms with van der Waals surface area (Å²) in [7, 11) is 1.63. The average Bonchev–Trinajstić information content (AvgIpc) is 2.30. The molecule has 0 fully saturated rings. The van der Waals surface area contributed by atoms with Crippen molar-refractivity contribution in [2.45, 2.75) is 32.0 Å². The van der Waals surface area contributed by atoms with Crippen LogP contribution in [-0.4, -0.2) is 17.7 Å². The van der Waals surface area contributed by atoms with E-state index < -0.39 is 0 Å². The predicted octanol–water partition coefficient (Wildman–Crippen LogP) is 5.14. The molecule has 0 amide bonds. The van der Waals surface area contributed by atoms with Crippen LogP contribution in [0.5, 0.6) is 5.75 Å². The lowest BCUT2D eigenvalue weighted by Crippen LogP contribution is -2.30. The zero-order valence-corrected chi connectivity index (χ0v) is 16.1. The van der Waals surface area contributed by atoms with Gasteiger partial charge in [0, 0.05) is 9.89 Å². The van der Waals surface area contributed by atoms with Gasteiger partial charge in [0.25, 0.3) is 0 Å². The Kier molecular flexibility index (Phi) is 6.08. The molecule has 0 saturated carbocycles. The number of halogens is 3. The van der Waals surface area contributed by atoms with E-state index >= 15 is 0 Å². The fourth-order valence-electron chi connectivity index (χ4n) is 1.64. The van der Waals surface area contributed by atoms with Crippen molar-refractivity contribution in [3.05, 3.63) is 26.6 Å². The van der Waals surface area contributed by atoms with Crippen molar-refractivity contribution in [3.63, 3.8) is 0 Å². The minimum atomic E-state index is -0.347. The molecule has 0 N–H and O–H groups in total. The Hall–Kier alpha value is 0.130. The molecule has 0 spiro atoms. The molecule has 1 aromatic rings. The van der Waals surface area contributed by atoms with Gasteiger partial charge in [0.15, 0.2) is 5.78 Å². The number of methoxy groups -OCH3 is 1. The maximum atomic E-state index is 12.2. The van der Waals surface area contributed by atoms with Crippen molar-refractivity contribution in [2.75, 3.05) is 7.11 Å². The standard InChI is InChI=1S/C14H17Br3O2/c1-14(2,3)13(18)11(17)5-8-6-12(19-4)10(16)7-9(8)15/h6-7,11H,5H2,1-4H3. The third kappa shape index (κ3) is 4.57. The van der Waals surface area contributed by atoms with Crippen LogP contribution in [0.3, 0.4) is 0 Å². The molecule has 1 aromatic carbocycles. The number of rotatable bonds is 4. The van der Waals surface area contributed by atoms with Crippen molar-refractivity contribution in [3.8, 4) is 5.75 Å². The number of hydrogen-bond donors (Lipinski definition) is 0. The molecule has 1 unspecified atom stereocenters. The SMILES string of the molecule is COc1cc(CC(Br)C(=O)C(C)(C)C)c(Br)cc1Br. The van der Waals surface area contributed by atoms with Crippen LogP contribution >= 0.6 is 47.8 Å². The molecule has 0 bridgehead atoms. The summed E-state index contributed by atoms with van der Waals surface area (Å²) in [6.07, 6.45) is 0.625. The van der Waals surface area contributed by atoms with Crippen LogP contribution in [0, 0.1) is 5.41 Å². The van der Waals surface area contributed by atoms with E-state index in [4.69, 9.17) is 4.74 Å². The first-order valence-electron chi connectivity index (χ1n) is 5.87. The predicted molar refractivity (Wildman–Crippen MR) is 89.3 cm³/mol. The molecule has 2 nitrogen and oxygen atoms in total. The van der Waals surface area contributed by atoms with Gasteiger partial charge in [-0.25, -0.2) is 0 Å². The Balaban J connectivity index is 2.97. The highest BCUT2D eigenvalue weighted by Gasteiger charge is 2.28. The maximum Gasteiger partial charge on any atom is 0.152 e. The van der Waals surface area contributed by atoms with Gasteiger partial charge in [0.05, 0.1) is 16.4 Å². The first-order valence-corrected chi connectivity index (χ1v) is 8.37. The van der Waals surface area contributed by atoms with Crippen LogP contribution in [0.25, 0.3) is 0 Å². The van der Waals surface area contributed by atoms with Gasteiger partial charge < -0.3 is 4.74 Å². The van der Waals surface area contributed by atoms with Crippen LogP contribution in [0.15, 0.2) is 21.1 Å². The highest BCUT2D eigenvalue weighted by atomic mass is 79.9. The number of ether oxygens (including phenoxy) is 1. The van der Waals surface area contributed by atoms with Crippen molar-refractivity contribution in [1.29, 1.82) is 0 Å². The first kappa shape index (κ1) is 17.2. The van der Waals surface area contributed by atoms with Gasteiger partial charge in [-0.1, -0.05) is 52.6 Å². The second kappa shape index (κ2) is 6.72. The van der Waals surface area contributed by atoms with Crippen LogP contribution in [0.2, 0.25) is 0 Å². The normalized spacial score (nSPS) is 13.2. The summed E-state index contributed by atoms with van der Waals surface area (Å²) < 4.78 is 7.13.